The van der Waals surface area contributed by atoms with Gasteiger partial charge in [0.2, 0.25) is 0 Å². The molecule has 7 nitrogen and oxygen atoms in total. The Hall–Kier alpha value is -3.78. The van der Waals surface area contributed by atoms with Gasteiger partial charge in [-0.1, -0.05) is 73.7 Å². The standard InChI is InChI=1S/C37H45N5O2/c1-26-5-3-6-31(21-26)32-22-33(36(38)39-23-32)37(43)40-34-7-4-8-35(34)44-25-28-11-15-30(16-12-28)29-13-9-27(10-14-29)24-42-19-17-41(2)18-20-42/h3,5-6,9-16,22-23,26,34-35H,4,7-8,17-21,24-25H2,1-2H3,(H2,38,39)(H,40,43)/t26?,34-,35-/m0/s1. The molecule has 3 N–H and O–H groups in total. The van der Waals surface area contributed by atoms with Gasteiger partial charge in [0.1, 0.15) is 5.82 Å². The van der Waals surface area contributed by atoms with Crippen molar-refractivity contribution in [3.63, 3.8) is 0 Å². The number of hydrogen-bond acceptors (Lipinski definition) is 6. The fourth-order valence-electron chi connectivity index (χ4n) is 6.49. The molecule has 2 heterocycles. The third-order valence-corrected chi connectivity index (χ3v) is 9.29. The van der Waals surface area contributed by atoms with Crippen LogP contribution in [0, 0.1) is 5.92 Å². The van der Waals surface area contributed by atoms with E-state index in [1.165, 1.54) is 22.3 Å². The lowest BCUT2D eigenvalue weighted by Crippen LogP contribution is -2.43. The summed E-state index contributed by atoms with van der Waals surface area (Å²) in [7, 11) is 2.19. The summed E-state index contributed by atoms with van der Waals surface area (Å²) in [5.41, 5.74) is 13.6. The normalized spacial score (nSPS) is 22.6. The van der Waals surface area contributed by atoms with Crippen LogP contribution in [0.4, 0.5) is 5.82 Å². The molecule has 7 heteroatoms. The Labute approximate surface area is 261 Å². The molecule has 1 aromatic heterocycles. The van der Waals surface area contributed by atoms with Crippen LogP contribution in [-0.4, -0.2) is 66.1 Å². The minimum absolute atomic E-state index is 0.0316. The van der Waals surface area contributed by atoms with Crippen LogP contribution < -0.4 is 11.1 Å². The van der Waals surface area contributed by atoms with Crippen molar-refractivity contribution in [1.82, 2.24) is 20.1 Å². The Kier molecular flexibility index (Phi) is 9.55. The van der Waals surface area contributed by atoms with Gasteiger partial charge in [0.15, 0.2) is 0 Å². The number of allylic oxidation sites excluding steroid dienone is 4. The van der Waals surface area contributed by atoms with Gasteiger partial charge in [-0.25, -0.2) is 4.98 Å². The molecule has 2 aromatic carbocycles. The first kappa shape index (κ1) is 30.3. The predicted molar refractivity (Wildman–Crippen MR) is 178 cm³/mol. The molecule has 0 radical (unpaired) electrons. The first-order valence-corrected chi connectivity index (χ1v) is 16.1. The minimum Gasteiger partial charge on any atom is -0.383 e. The summed E-state index contributed by atoms with van der Waals surface area (Å²) >= 11 is 0. The molecule has 3 atom stereocenters. The first-order chi connectivity index (χ1) is 21.4. The average molecular weight is 592 g/mol. The van der Waals surface area contributed by atoms with Crippen LogP contribution in [0.2, 0.25) is 0 Å². The molecule has 1 amide bonds. The van der Waals surface area contributed by atoms with E-state index in [9.17, 15) is 4.79 Å². The zero-order valence-corrected chi connectivity index (χ0v) is 26.0. The zero-order chi connectivity index (χ0) is 30.5. The lowest BCUT2D eigenvalue weighted by molar-refractivity contribution is 0.0272. The lowest BCUT2D eigenvalue weighted by atomic mass is 9.91. The van der Waals surface area contributed by atoms with E-state index in [0.29, 0.717) is 18.1 Å². The van der Waals surface area contributed by atoms with E-state index < -0.39 is 0 Å². The molecular weight excluding hydrogens is 546 g/mol. The number of carbonyl (C=O) groups is 1. The number of piperazine rings is 1. The fourth-order valence-corrected chi connectivity index (χ4v) is 6.49. The van der Waals surface area contributed by atoms with Crippen molar-refractivity contribution in [1.29, 1.82) is 0 Å². The second-order valence-corrected chi connectivity index (χ2v) is 12.7. The van der Waals surface area contributed by atoms with Crippen molar-refractivity contribution >= 4 is 17.3 Å². The van der Waals surface area contributed by atoms with Crippen LogP contribution in [0.3, 0.4) is 0 Å². The number of nitrogen functional groups attached to an aromatic ring is 1. The van der Waals surface area contributed by atoms with E-state index in [2.05, 4.69) is 101 Å². The van der Waals surface area contributed by atoms with Gasteiger partial charge in [-0.3, -0.25) is 9.69 Å². The molecule has 1 aliphatic heterocycles. The molecule has 1 saturated heterocycles. The van der Waals surface area contributed by atoms with E-state index in [-0.39, 0.29) is 23.9 Å². The summed E-state index contributed by atoms with van der Waals surface area (Å²) in [5.74, 6) is 0.531. The Morgan fingerprint density at radius 1 is 0.977 bits per heavy atom. The highest BCUT2D eigenvalue weighted by molar-refractivity contribution is 5.99. The highest BCUT2D eigenvalue weighted by Gasteiger charge is 2.30. The number of aromatic nitrogens is 1. The number of ether oxygens (including phenoxy) is 1. The smallest absolute Gasteiger partial charge is 0.255 e. The Morgan fingerprint density at radius 3 is 2.39 bits per heavy atom. The summed E-state index contributed by atoms with van der Waals surface area (Å²) in [6.45, 7) is 8.26. The highest BCUT2D eigenvalue weighted by Crippen LogP contribution is 2.29. The van der Waals surface area contributed by atoms with Crippen LogP contribution >= 0.6 is 0 Å². The van der Waals surface area contributed by atoms with E-state index in [4.69, 9.17) is 10.5 Å². The second-order valence-electron chi connectivity index (χ2n) is 12.7. The molecule has 1 unspecified atom stereocenters. The maximum atomic E-state index is 13.3. The summed E-state index contributed by atoms with van der Waals surface area (Å²) in [4.78, 5) is 22.6. The van der Waals surface area contributed by atoms with E-state index >= 15 is 0 Å². The minimum atomic E-state index is -0.184. The van der Waals surface area contributed by atoms with Crippen LogP contribution in [-0.2, 0) is 17.9 Å². The third-order valence-electron chi connectivity index (χ3n) is 9.29. The number of benzene rings is 2. The van der Waals surface area contributed by atoms with Gasteiger partial charge in [0, 0.05) is 38.9 Å². The number of amides is 1. The predicted octanol–water partition coefficient (Wildman–Crippen LogP) is 5.93. The maximum absolute atomic E-state index is 13.3. The molecule has 0 spiro atoms. The van der Waals surface area contributed by atoms with Gasteiger partial charge < -0.3 is 20.7 Å². The van der Waals surface area contributed by atoms with Gasteiger partial charge in [-0.15, -0.1) is 0 Å². The number of hydrogen-bond donors (Lipinski definition) is 2. The molecule has 3 aliphatic rings. The van der Waals surface area contributed by atoms with Crippen LogP contribution in [0.1, 0.15) is 59.7 Å². The van der Waals surface area contributed by atoms with Crippen molar-refractivity contribution in [3.05, 3.63) is 101 Å². The summed E-state index contributed by atoms with van der Waals surface area (Å²) in [6, 6.07) is 19.4. The van der Waals surface area contributed by atoms with Crippen LogP contribution in [0.5, 0.6) is 0 Å². The highest BCUT2D eigenvalue weighted by atomic mass is 16.5. The van der Waals surface area contributed by atoms with Gasteiger partial charge >= 0.3 is 0 Å². The van der Waals surface area contributed by atoms with Crippen molar-refractivity contribution in [2.24, 2.45) is 5.92 Å². The first-order valence-electron chi connectivity index (χ1n) is 16.1. The van der Waals surface area contributed by atoms with Gasteiger partial charge in [-0.2, -0.15) is 0 Å². The number of rotatable bonds is 9. The fraction of sp³-hybridized carbons (Fsp3) is 0.405. The van der Waals surface area contributed by atoms with Crippen LogP contribution in [0.15, 0.2) is 79.0 Å². The Bertz CT molecular complexity index is 1490. The van der Waals surface area contributed by atoms with Gasteiger partial charge in [0.05, 0.1) is 24.3 Å². The quantitative estimate of drug-likeness (QED) is 0.321. The Balaban J connectivity index is 1.02. The summed E-state index contributed by atoms with van der Waals surface area (Å²) in [5, 5.41) is 3.20. The van der Waals surface area contributed by atoms with E-state index in [0.717, 1.165) is 69.5 Å². The molecular formula is C37H45N5O2. The monoisotopic (exact) mass is 591 g/mol. The number of nitrogens with zero attached hydrogens (tertiary/aromatic N) is 3. The van der Waals surface area contributed by atoms with Crippen LogP contribution in [0.25, 0.3) is 16.7 Å². The van der Waals surface area contributed by atoms with Crippen molar-refractivity contribution in [3.8, 4) is 11.1 Å². The summed E-state index contributed by atoms with van der Waals surface area (Å²) < 4.78 is 6.35. The molecule has 0 bridgehead atoms. The average Bonchev–Trinajstić information content (AvgIpc) is 3.48. The van der Waals surface area contributed by atoms with Gasteiger partial charge in [-0.05, 0) is 78.1 Å². The molecule has 44 heavy (non-hydrogen) atoms. The molecule has 2 fully saturated rings. The number of nitrogens with two attached hydrogens (primary N) is 1. The zero-order valence-electron chi connectivity index (χ0n) is 26.0. The molecule has 1 saturated carbocycles. The topological polar surface area (TPSA) is 83.7 Å². The van der Waals surface area contributed by atoms with Gasteiger partial charge in [0.25, 0.3) is 5.91 Å². The second kappa shape index (κ2) is 13.9. The number of pyridine rings is 1. The number of anilines is 1. The van der Waals surface area contributed by atoms with Crippen molar-refractivity contribution < 1.29 is 9.53 Å². The maximum Gasteiger partial charge on any atom is 0.255 e. The third kappa shape index (κ3) is 7.46. The molecule has 2 aliphatic carbocycles. The summed E-state index contributed by atoms with van der Waals surface area (Å²) in [6.07, 6.45) is 11.8. The number of nitrogens with one attached hydrogen (secondary N) is 1. The number of likely N-dealkylation sites (N-methyl/N-ethyl adjacent to an activating group) is 1. The van der Waals surface area contributed by atoms with E-state index in [1.54, 1.807) is 6.20 Å². The number of carbonyl (C=O) groups excluding carboxylic acids is 1. The van der Waals surface area contributed by atoms with Crippen molar-refractivity contribution in [2.75, 3.05) is 39.0 Å². The van der Waals surface area contributed by atoms with E-state index in [1.807, 2.05) is 6.07 Å². The Morgan fingerprint density at radius 2 is 1.68 bits per heavy atom. The molecule has 3 aromatic rings. The SMILES string of the molecule is CC1C=CC=C(c2cnc(N)c(C(=O)N[C@H]3CCC[C@@H]3OCc3ccc(-c4ccc(CN5CCN(C)CC5)cc4)cc3)c2)C1. The molecule has 6 rings (SSSR count). The lowest BCUT2D eigenvalue weighted by Gasteiger charge is -2.32. The molecule has 230 valence electrons. The van der Waals surface area contributed by atoms with Crippen molar-refractivity contribution in [2.45, 2.75) is 57.9 Å². The largest absolute Gasteiger partial charge is 0.383 e.